The number of allylic oxidation sites excluding steroid dienone is 9. The summed E-state index contributed by atoms with van der Waals surface area (Å²) in [6, 6.07) is 10.7. The van der Waals surface area contributed by atoms with Gasteiger partial charge in [0.15, 0.2) is 0 Å². The number of hydrogen-bond acceptors (Lipinski definition) is 7. The highest BCUT2D eigenvalue weighted by atomic mass is 15.2. The Morgan fingerprint density at radius 3 is 2.34 bits per heavy atom. The van der Waals surface area contributed by atoms with Crippen LogP contribution in [-0.2, 0) is 7.05 Å². The van der Waals surface area contributed by atoms with Crippen molar-refractivity contribution in [2.45, 2.75) is 65.2 Å². The molecular weight excluding hydrogens is 757 g/mol. The highest BCUT2D eigenvalue weighted by molar-refractivity contribution is 6.00. The molecule has 0 radical (unpaired) electrons. The number of pyridine rings is 3. The fraction of sp³-hybridized carbons (Fsp3) is 0.265. The van der Waals surface area contributed by atoms with Gasteiger partial charge in [-0.2, -0.15) is 15.3 Å². The monoisotopic (exact) mass is 808 g/mol. The number of piperidine rings is 1. The molecule has 5 N–H and O–H groups in total. The summed E-state index contributed by atoms with van der Waals surface area (Å²) in [4.78, 5) is 20.8. The SMILES string of the molecule is C1=CC(c2ccnc3[nH]c(-c4n[nH]c5cnc(C6CCNCC6)cc45)cc23)=CC1.C=C/C=C(/C1=CCCC1)c1cc(-c2n[nH]c3cnc(-c4cnn(C)c4)cc23)[nH]c1C.CC. The van der Waals surface area contributed by atoms with Gasteiger partial charge in [0, 0.05) is 64.0 Å². The lowest BCUT2D eigenvalue weighted by Gasteiger charge is -2.22. The molecule has 0 bridgehead atoms. The Morgan fingerprint density at radius 2 is 1.64 bits per heavy atom. The number of H-pyrrole nitrogens is 4. The third-order valence-electron chi connectivity index (χ3n) is 11.8. The zero-order chi connectivity index (χ0) is 41.9. The molecule has 2 aliphatic carbocycles. The van der Waals surface area contributed by atoms with Crippen molar-refractivity contribution in [1.29, 1.82) is 0 Å². The quantitative estimate of drug-likeness (QED) is 0.0956. The van der Waals surface area contributed by atoms with Crippen molar-refractivity contribution in [2.75, 3.05) is 13.1 Å². The average Bonchev–Trinajstić information content (AvgIpc) is 4.16. The van der Waals surface area contributed by atoms with Crippen molar-refractivity contribution in [1.82, 2.24) is 60.4 Å². The molecule has 8 aromatic rings. The van der Waals surface area contributed by atoms with Gasteiger partial charge in [0.1, 0.15) is 17.0 Å². The Morgan fingerprint density at radius 1 is 0.869 bits per heavy atom. The van der Waals surface area contributed by atoms with Crippen LogP contribution in [0.2, 0.25) is 0 Å². The maximum Gasteiger partial charge on any atom is 0.138 e. The molecule has 0 atom stereocenters. The van der Waals surface area contributed by atoms with Crippen LogP contribution in [0.3, 0.4) is 0 Å². The molecule has 1 saturated heterocycles. The van der Waals surface area contributed by atoms with Crippen LogP contribution in [-0.4, -0.2) is 68.2 Å². The number of nitrogens with one attached hydrogen (secondary N) is 5. The lowest BCUT2D eigenvalue weighted by Crippen LogP contribution is -2.27. The summed E-state index contributed by atoms with van der Waals surface area (Å²) in [5.74, 6) is 0.514. The van der Waals surface area contributed by atoms with E-state index in [-0.39, 0.29) is 0 Å². The van der Waals surface area contributed by atoms with Crippen molar-refractivity contribution >= 4 is 44.0 Å². The second-order valence-corrected chi connectivity index (χ2v) is 15.6. The van der Waals surface area contributed by atoms with Crippen LogP contribution in [0.4, 0.5) is 0 Å². The second-order valence-electron chi connectivity index (χ2n) is 15.6. The van der Waals surface area contributed by atoms with Crippen LogP contribution in [0.5, 0.6) is 0 Å². The van der Waals surface area contributed by atoms with E-state index in [1.807, 2.05) is 58.0 Å². The van der Waals surface area contributed by atoms with Crippen molar-refractivity contribution in [3.63, 3.8) is 0 Å². The Hall–Kier alpha value is -6.92. The fourth-order valence-corrected chi connectivity index (χ4v) is 8.75. The molecule has 0 aromatic carbocycles. The standard InChI is InChI=1S/C24H24N6.C23H22N6.C2H6/c1-4-7-18(16-8-5-6-9-16)19-10-22(27-15(19)2)24-20-11-21(17-12-26-30(3)14-17)25-13-23(20)28-29-24;1-2-4-14(3-1)16-7-10-25-23-17(16)11-20(27-23)22-18-12-19(15-5-8-24-9-6-15)26-13-21(18)28-29-22;1-2/h4,7-8,10-14,27H,1,5-6,9H2,2-3H3,(H,28,29);1,3-4,7,10-13,15,24H,2,5-6,8-9H2,(H,25,27)(H,28,29);1-2H3/b18-7-;;. The van der Waals surface area contributed by atoms with Crippen LogP contribution in [0.15, 0.2) is 110 Å². The van der Waals surface area contributed by atoms with Gasteiger partial charge in [0.25, 0.3) is 0 Å². The molecule has 0 spiro atoms. The minimum atomic E-state index is 0.514. The van der Waals surface area contributed by atoms with E-state index in [0.717, 1.165) is 123 Å². The summed E-state index contributed by atoms with van der Waals surface area (Å²) < 4.78 is 1.78. The van der Waals surface area contributed by atoms with Crippen molar-refractivity contribution in [2.24, 2.45) is 7.05 Å². The normalized spacial score (nSPS) is 15.5. The number of aryl methyl sites for hydroxylation is 2. The van der Waals surface area contributed by atoms with Gasteiger partial charge in [0.05, 0.1) is 46.7 Å². The molecule has 8 aromatic heterocycles. The van der Waals surface area contributed by atoms with E-state index in [1.165, 1.54) is 34.3 Å². The summed E-state index contributed by atoms with van der Waals surface area (Å²) in [6.45, 7) is 12.2. The first-order valence-electron chi connectivity index (χ1n) is 21.5. The highest BCUT2D eigenvalue weighted by Crippen LogP contribution is 2.38. The first-order valence-corrected chi connectivity index (χ1v) is 21.5. The first-order chi connectivity index (χ1) is 30.0. The first kappa shape index (κ1) is 39.5. The minimum Gasteiger partial charge on any atom is -0.357 e. The summed E-state index contributed by atoms with van der Waals surface area (Å²) in [7, 11) is 1.91. The Labute approximate surface area is 355 Å². The summed E-state index contributed by atoms with van der Waals surface area (Å²) >= 11 is 0. The third-order valence-corrected chi connectivity index (χ3v) is 11.8. The molecule has 3 aliphatic rings. The Kier molecular flexibility index (Phi) is 11.2. The molecule has 308 valence electrons. The number of aromatic nitrogens is 11. The van der Waals surface area contributed by atoms with Gasteiger partial charge in [-0.1, -0.05) is 56.9 Å². The fourth-order valence-electron chi connectivity index (χ4n) is 8.75. The largest absolute Gasteiger partial charge is 0.357 e. The molecule has 0 unspecified atom stereocenters. The predicted octanol–water partition coefficient (Wildman–Crippen LogP) is 10.7. The van der Waals surface area contributed by atoms with Crippen LogP contribution >= 0.6 is 0 Å². The van der Waals surface area contributed by atoms with Gasteiger partial charge in [-0.05, 0) is 111 Å². The Bertz CT molecular complexity index is 2990. The van der Waals surface area contributed by atoms with Crippen LogP contribution in [0, 0.1) is 6.92 Å². The van der Waals surface area contributed by atoms with Crippen LogP contribution in [0.25, 0.3) is 78.0 Å². The second kappa shape index (κ2) is 17.4. The molecule has 9 heterocycles. The molecule has 61 heavy (non-hydrogen) atoms. The number of rotatable bonds is 8. The van der Waals surface area contributed by atoms with Crippen LogP contribution in [0.1, 0.15) is 80.8 Å². The zero-order valence-electron chi connectivity index (χ0n) is 35.3. The number of hydrogen-bond donors (Lipinski definition) is 5. The van der Waals surface area contributed by atoms with Crippen molar-refractivity contribution in [3.8, 4) is 34.0 Å². The average molecular weight is 809 g/mol. The predicted molar refractivity (Wildman–Crippen MR) is 248 cm³/mol. The maximum absolute atomic E-state index is 4.71. The minimum absolute atomic E-state index is 0.514. The third kappa shape index (κ3) is 7.82. The van der Waals surface area contributed by atoms with Gasteiger partial charge in [-0.3, -0.25) is 24.8 Å². The molecular formula is C49H52N12. The summed E-state index contributed by atoms with van der Waals surface area (Å²) in [5.41, 5.74) is 17.0. The molecule has 12 nitrogen and oxygen atoms in total. The summed E-state index contributed by atoms with van der Waals surface area (Å²) in [5, 5.41) is 26.4. The van der Waals surface area contributed by atoms with E-state index in [2.05, 4.69) is 125 Å². The van der Waals surface area contributed by atoms with Gasteiger partial charge in [0.2, 0.25) is 0 Å². The lowest BCUT2D eigenvalue weighted by molar-refractivity contribution is 0.453. The van der Waals surface area contributed by atoms with E-state index < -0.39 is 0 Å². The molecule has 1 fully saturated rings. The molecule has 0 saturated carbocycles. The maximum atomic E-state index is 4.71. The zero-order valence-corrected chi connectivity index (χ0v) is 35.3. The number of nitrogens with zero attached hydrogens (tertiary/aromatic N) is 7. The number of aromatic amines is 4. The van der Waals surface area contributed by atoms with Gasteiger partial charge >= 0.3 is 0 Å². The lowest BCUT2D eigenvalue weighted by atomic mass is 9.93. The molecule has 11 rings (SSSR count). The molecule has 0 amide bonds. The van der Waals surface area contributed by atoms with Crippen molar-refractivity contribution in [3.05, 3.63) is 132 Å². The van der Waals surface area contributed by atoms with Crippen molar-refractivity contribution < 1.29 is 0 Å². The molecule has 12 heteroatoms. The highest BCUT2D eigenvalue weighted by Gasteiger charge is 2.21. The van der Waals surface area contributed by atoms with E-state index in [1.54, 1.807) is 4.68 Å². The van der Waals surface area contributed by atoms with Gasteiger partial charge < -0.3 is 15.3 Å². The van der Waals surface area contributed by atoms with Gasteiger partial charge in [-0.25, -0.2) is 4.98 Å². The van der Waals surface area contributed by atoms with E-state index in [9.17, 15) is 0 Å². The smallest absolute Gasteiger partial charge is 0.138 e. The van der Waals surface area contributed by atoms with Crippen LogP contribution < -0.4 is 5.32 Å². The van der Waals surface area contributed by atoms with E-state index >= 15 is 0 Å². The van der Waals surface area contributed by atoms with E-state index in [4.69, 9.17) is 4.98 Å². The molecule has 1 aliphatic heterocycles. The summed E-state index contributed by atoms with van der Waals surface area (Å²) in [6.07, 6.45) is 29.1. The Balaban J connectivity index is 0.000000150. The topological polar surface area (TPSA) is 157 Å². The van der Waals surface area contributed by atoms with Gasteiger partial charge in [-0.15, -0.1) is 0 Å². The van der Waals surface area contributed by atoms with E-state index in [0.29, 0.717) is 5.92 Å². The number of fused-ring (bicyclic) bond motifs is 3.